The van der Waals surface area contributed by atoms with Crippen LogP contribution in [0.15, 0.2) is 6.20 Å². The molecule has 0 aromatic carbocycles. The monoisotopic (exact) mass is 299 g/mol. The Morgan fingerprint density at radius 1 is 1.53 bits per heavy atom. The highest BCUT2D eigenvalue weighted by molar-refractivity contribution is 6.99. The van der Waals surface area contributed by atoms with Crippen LogP contribution in [0.1, 0.15) is 31.9 Å². The molecule has 0 spiro atoms. The van der Waals surface area contributed by atoms with Crippen LogP contribution in [0.3, 0.4) is 0 Å². The highest BCUT2D eigenvalue weighted by Crippen LogP contribution is 2.39. The van der Waals surface area contributed by atoms with Gasteiger partial charge in [0, 0.05) is 24.9 Å². The molecule has 19 heavy (non-hydrogen) atoms. The molecule has 2 aliphatic rings. The normalized spacial score (nSPS) is 26.2. The van der Waals surface area contributed by atoms with Gasteiger partial charge in [0.2, 0.25) is 0 Å². The number of allylic oxidation sites excluding steroid dienone is 1. The zero-order chi connectivity index (χ0) is 13.2. The number of halogens is 1. The van der Waals surface area contributed by atoms with Crippen LogP contribution < -0.4 is 4.74 Å². The maximum atomic E-state index is 6.63. The lowest BCUT2D eigenvalue weighted by Crippen LogP contribution is -2.40. The van der Waals surface area contributed by atoms with Crippen molar-refractivity contribution < 1.29 is 4.74 Å². The molecule has 3 rings (SSSR count). The van der Waals surface area contributed by atoms with Gasteiger partial charge in [-0.05, 0) is 25.2 Å². The first kappa shape index (κ1) is 13.2. The minimum absolute atomic E-state index is 0.0319. The average Bonchev–Trinajstić information content (AvgIpc) is 2.89. The number of aromatic nitrogens is 2. The second-order valence-electron chi connectivity index (χ2n) is 5.15. The van der Waals surface area contributed by atoms with E-state index in [0.29, 0.717) is 18.4 Å². The van der Waals surface area contributed by atoms with Crippen LogP contribution in [-0.2, 0) is 0 Å². The molecule has 104 valence electrons. The number of nitrogens with zero attached hydrogens (tertiary/aromatic N) is 3. The average molecular weight is 300 g/mol. The summed E-state index contributed by atoms with van der Waals surface area (Å²) in [4.78, 5) is 2.35. The van der Waals surface area contributed by atoms with Crippen molar-refractivity contribution in [3.05, 3.63) is 11.9 Å². The zero-order valence-corrected chi connectivity index (χ0v) is 12.6. The molecule has 0 radical (unpaired) electrons. The van der Waals surface area contributed by atoms with E-state index in [4.69, 9.17) is 16.3 Å². The molecular weight excluding hydrogens is 282 g/mol. The van der Waals surface area contributed by atoms with Crippen molar-refractivity contribution in [2.24, 2.45) is 5.92 Å². The second-order valence-corrected chi connectivity index (χ2v) is 6.15. The minimum atomic E-state index is 0.0319. The summed E-state index contributed by atoms with van der Waals surface area (Å²) < 4.78 is 14.3. The van der Waals surface area contributed by atoms with Crippen LogP contribution in [0.25, 0.3) is 5.57 Å². The Hall–Kier alpha value is -0.810. The van der Waals surface area contributed by atoms with Crippen molar-refractivity contribution in [3.8, 4) is 5.88 Å². The number of fused-ring (bicyclic) bond motifs is 2. The third kappa shape index (κ3) is 2.58. The Kier molecular flexibility index (Phi) is 3.93. The molecule has 2 unspecified atom stereocenters. The quantitative estimate of drug-likeness (QED) is 0.801. The Morgan fingerprint density at radius 2 is 2.42 bits per heavy atom. The molecule has 1 aromatic heterocycles. The Bertz CT molecular complexity index is 476. The van der Waals surface area contributed by atoms with Gasteiger partial charge in [-0.25, -0.2) is 0 Å². The SMILES string of the molecule is CCCOc1nsnc1C1=CN2CCCC(C2)C1Cl. The van der Waals surface area contributed by atoms with Gasteiger partial charge < -0.3 is 9.64 Å². The maximum Gasteiger partial charge on any atom is 0.253 e. The summed E-state index contributed by atoms with van der Waals surface area (Å²) in [6, 6.07) is 0. The van der Waals surface area contributed by atoms with Crippen LogP contribution in [0, 0.1) is 5.92 Å². The van der Waals surface area contributed by atoms with Gasteiger partial charge in [0.05, 0.1) is 23.7 Å². The van der Waals surface area contributed by atoms with E-state index < -0.39 is 0 Å². The minimum Gasteiger partial charge on any atom is -0.475 e. The van der Waals surface area contributed by atoms with Crippen LogP contribution in [-0.4, -0.2) is 38.7 Å². The van der Waals surface area contributed by atoms with E-state index >= 15 is 0 Å². The number of ether oxygens (including phenoxy) is 1. The van der Waals surface area contributed by atoms with Gasteiger partial charge in [-0.2, -0.15) is 4.37 Å². The van der Waals surface area contributed by atoms with Gasteiger partial charge in [0.15, 0.2) is 0 Å². The predicted molar refractivity (Wildman–Crippen MR) is 77.6 cm³/mol. The lowest BCUT2D eigenvalue weighted by Gasteiger charge is -2.39. The van der Waals surface area contributed by atoms with Gasteiger partial charge in [-0.1, -0.05) is 6.92 Å². The van der Waals surface area contributed by atoms with E-state index in [1.165, 1.54) is 24.6 Å². The van der Waals surface area contributed by atoms with Gasteiger partial charge in [0.25, 0.3) is 5.88 Å². The fourth-order valence-corrected chi connectivity index (χ4v) is 3.64. The molecular formula is C13H18ClN3OS. The summed E-state index contributed by atoms with van der Waals surface area (Å²) in [6.45, 7) is 4.94. The highest BCUT2D eigenvalue weighted by Gasteiger charge is 2.35. The molecule has 0 N–H and O–H groups in total. The number of hydrogen-bond donors (Lipinski definition) is 0. The maximum absolute atomic E-state index is 6.63. The topological polar surface area (TPSA) is 38.3 Å². The first-order valence-corrected chi connectivity index (χ1v) is 8.02. The third-order valence-corrected chi connectivity index (χ3v) is 4.80. The van der Waals surface area contributed by atoms with Crippen molar-refractivity contribution in [3.63, 3.8) is 0 Å². The zero-order valence-electron chi connectivity index (χ0n) is 11.0. The van der Waals surface area contributed by atoms with Crippen LogP contribution in [0.2, 0.25) is 0 Å². The molecule has 6 heteroatoms. The van der Waals surface area contributed by atoms with Crippen molar-refractivity contribution in [1.82, 2.24) is 13.6 Å². The Labute approximate surface area is 122 Å². The number of hydrogen-bond acceptors (Lipinski definition) is 5. The van der Waals surface area contributed by atoms with Crippen molar-refractivity contribution >= 4 is 28.9 Å². The molecule has 3 heterocycles. The number of piperidine rings is 1. The van der Waals surface area contributed by atoms with Crippen molar-refractivity contribution in [2.75, 3.05) is 19.7 Å². The summed E-state index contributed by atoms with van der Waals surface area (Å²) in [5.74, 6) is 1.17. The van der Waals surface area contributed by atoms with E-state index in [0.717, 1.165) is 30.8 Å². The van der Waals surface area contributed by atoms with E-state index in [1.54, 1.807) is 0 Å². The molecule has 1 saturated heterocycles. The van der Waals surface area contributed by atoms with Gasteiger partial charge >= 0.3 is 0 Å². The van der Waals surface area contributed by atoms with E-state index in [9.17, 15) is 0 Å². The highest BCUT2D eigenvalue weighted by atomic mass is 35.5. The van der Waals surface area contributed by atoms with Crippen molar-refractivity contribution in [1.29, 1.82) is 0 Å². The fraction of sp³-hybridized carbons (Fsp3) is 0.692. The third-order valence-electron chi connectivity index (χ3n) is 3.70. The predicted octanol–water partition coefficient (Wildman–Crippen LogP) is 3.00. The standard InChI is InChI=1S/C13H18ClN3OS/c1-2-6-18-13-12(15-19-16-13)10-8-17-5-3-4-9(7-17)11(10)14/h8-9,11H,2-7H2,1H3. The summed E-state index contributed by atoms with van der Waals surface area (Å²) in [7, 11) is 0. The molecule has 1 aromatic rings. The van der Waals surface area contributed by atoms with Crippen molar-refractivity contribution in [2.45, 2.75) is 31.6 Å². The van der Waals surface area contributed by atoms with Crippen LogP contribution in [0.4, 0.5) is 0 Å². The molecule has 0 aliphatic carbocycles. The summed E-state index contributed by atoms with van der Waals surface area (Å²) >= 11 is 7.83. The molecule has 4 nitrogen and oxygen atoms in total. The van der Waals surface area contributed by atoms with E-state index in [2.05, 4.69) is 26.8 Å². The summed E-state index contributed by atoms with van der Waals surface area (Å²) in [5, 5.41) is 0.0319. The Balaban J connectivity index is 1.88. The van der Waals surface area contributed by atoms with Crippen LogP contribution >= 0.6 is 23.3 Å². The fourth-order valence-electron chi connectivity index (χ4n) is 2.76. The second kappa shape index (κ2) is 5.67. The Morgan fingerprint density at radius 3 is 3.26 bits per heavy atom. The lowest BCUT2D eigenvalue weighted by atomic mass is 9.87. The van der Waals surface area contributed by atoms with E-state index in [-0.39, 0.29) is 5.38 Å². The summed E-state index contributed by atoms with van der Waals surface area (Å²) in [5.41, 5.74) is 1.92. The first-order valence-electron chi connectivity index (χ1n) is 6.85. The molecule has 0 amide bonds. The number of alkyl halides is 1. The molecule has 0 saturated carbocycles. The number of rotatable bonds is 4. The molecule has 2 atom stereocenters. The molecule has 1 fully saturated rings. The lowest BCUT2D eigenvalue weighted by molar-refractivity contribution is 0.226. The largest absolute Gasteiger partial charge is 0.475 e. The van der Waals surface area contributed by atoms with Gasteiger partial charge in [0.1, 0.15) is 5.69 Å². The summed E-state index contributed by atoms with van der Waals surface area (Å²) in [6.07, 6.45) is 5.55. The van der Waals surface area contributed by atoms with Gasteiger partial charge in [-0.15, -0.1) is 16.0 Å². The first-order chi connectivity index (χ1) is 9.29. The van der Waals surface area contributed by atoms with Gasteiger partial charge in [-0.3, -0.25) is 0 Å². The van der Waals surface area contributed by atoms with E-state index in [1.807, 2.05) is 0 Å². The molecule has 2 aliphatic heterocycles. The smallest absolute Gasteiger partial charge is 0.253 e. The van der Waals surface area contributed by atoms with Crippen LogP contribution in [0.5, 0.6) is 5.88 Å². The molecule has 2 bridgehead atoms.